The Labute approximate surface area is 175 Å². The van der Waals surface area contributed by atoms with E-state index in [1.54, 1.807) is 37.3 Å². The largest absolute Gasteiger partial charge is 0.497 e. The molecule has 5 nitrogen and oxygen atoms in total. The Morgan fingerprint density at radius 1 is 1.07 bits per heavy atom. The van der Waals surface area contributed by atoms with E-state index in [0.717, 1.165) is 29.9 Å². The van der Waals surface area contributed by atoms with Crippen molar-refractivity contribution in [3.05, 3.63) is 57.6 Å². The van der Waals surface area contributed by atoms with Crippen LogP contribution in [-0.2, 0) is 11.3 Å². The summed E-state index contributed by atoms with van der Waals surface area (Å²) in [6.45, 7) is 1.67. The summed E-state index contributed by atoms with van der Waals surface area (Å²) in [5.74, 6) is 1.38. The van der Waals surface area contributed by atoms with Gasteiger partial charge in [0.05, 0.1) is 37.0 Å². The van der Waals surface area contributed by atoms with Gasteiger partial charge >= 0.3 is 0 Å². The van der Waals surface area contributed by atoms with Gasteiger partial charge in [0.2, 0.25) is 0 Å². The molecule has 0 aliphatic carbocycles. The fourth-order valence-corrected chi connectivity index (χ4v) is 3.53. The molecule has 1 saturated heterocycles. The molecule has 1 unspecified atom stereocenters. The van der Waals surface area contributed by atoms with Crippen LogP contribution < -0.4 is 9.47 Å². The van der Waals surface area contributed by atoms with Gasteiger partial charge in [0, 0.05) is 24.7 Å². The number of hydrogen-bond acceptors (Lipinski definition) is 4. The molecule has 1 aliphatic rings. The number of carbonyl (C=O) groups excluding carboxylic acids is 1. The number of hydrogen-bond donors (Lipinski definition) is 0. The average Bonchev–Trinajstić information content (AvgIpc) is 2.73. The second kappa shape index (κ2) is 9.50. The van der Waals surface area contributed by atoms with E-state index in [4.69, 9.17) is 37.4 Å². The molecule has 2 aromatic rings. The molecule has 0 radical (unpaired) electrons. The lowest BCUT2D eigenvalue weighted by Gasteiger charge is -2.33. The van der Waals surface area contributed by atoms with E-state index in [1.165, 1.54) is 0 Å². The van der Waals surface area contributed by atoms with E-state index >= 15 is 0 Å². The minimum atomic E-state index is -0.0603. The van der Waals surface area contributed by atoms with Crippen molar-refractivity contribution in [2.75, 3.05) is 27.3 Å². The van der Waals surface area contributed by atoms with E-state index < -0.39 is 0 Å². The van der Waals surface area contributed by atoms with Crippen LogP contribution in [-0.4, -0.2) is 44.2 Å². The molecule has 7 heteroatoms. The molecule has 1 aliphatic heterocycles. The molecule has 1 fully saturated rings. The summed E-state index contributed by atoms with van der Waals surface area (Å²) < 4.78 is 16.7. The number of likely N-dealkylation sites (tertiary alicyclic amines) is 1. The van der Waals surface area contributed by atoms with Crippen molar-refractivity contribution in [1.82, 2.24) is 4.90 Å². The van der Waals surface area contributed by atoms with E-state index in [1.807, 2.05) is 18.2 Å². The number of benzene rings is 2. The first-order valence-corrected chi connectivity index (χ1v) is 9.83. The van der Waals surface area contributed by atoms with Gasteiger partial charge in [-0.05, 0) is 48.7 Å². The highest BCUT2D eigenvalue weighted by atomic mass is 35.5. The van der Waals surface area contributed by atoms with Crippen LogP contribution in [0, 0.1) is 0 Å². The first-order chi connectivity index (χ1) is 13.5. The number of nitrogens with zero attached hydrogens (tertiary/aromatic N) is 1. The number of halogens is 2. The van der Waals surface area contributed by atoms with Gasteiger partial charge < -0.3 is 19.1 Å². The van der Waals surface area contributed by atoms with Crippen LogP contribution in [0.4, 0.5) is 0 Å². The van der Waals surface area contributed by atoms with Gasteiger partial charge in [-0.2, -0.15) is 0 Å². The molecule has 0 saturated carbocycles. The van der Waals surface area contributed by atoms with Crippen LogP contribution in [0.25, 0.3) is 0 Å². The maximum atomic E-state index is 12.8. The fraction of sp³-hybridized carbons (Fsp3) is 0.381. The quantitative estimate of drug-likeness (QED) is 0.667. The van der Waals surface area contributed by atoms with Crippen LogP contribution in [0.3, 0.4) is 0 Å². The number of carbonyl (C=O) groups is 1. The highest BCUT2D eigenvalue weighted by Gasteiger charge is 2.25. The highest BCUT2D eigenvalue weighted by molar-refractivity contribution is 6.42. The zero-order valence-corrected chi connectivity index (χ0v) is 17.4. The molecule has 1 amide bonds. The second-order valence-corrected chi connectivity index (χ2v) is 7.49. The molecule has 0 N–H and O–H groups in total. The lowest BCUT2D eigenvalue weighted by molar-refractivity contribution is -0.00681. The van der Waals surface area contributed by atoms with Crippen molar-refractivity contribution in [2.45, 2.75) is 25.6 Å². The number of rotatable bonds is 6. The summed E-state index contributed by atoms with van der Waals surface area (Å²) in [5.41, 5.74) is 1.50. The van der Waals surface area contributed by atoms with Gasteiger partial charge in [-0.15, -0.1) is 0 Å². The van der Waals surface area contributed by atoms with Gasteiger partial charge in [0.1, 0.15) is 11.5 Å². The standard InChI is InChI=1S/C21H23Cl2NO4/c1-26-17-8-14(9-18(11-17)27-2)13-28-16-4-3-7-24(12-16)21(25)15-5-6-19(22)20(23)10-15/h5-6,8-11,16H,3-4,7,12-13H2,1-2H3. The lowest BCUT2D eigenvalue weighted by atomic mass is 10.1. The Hall–Kier alpha value is -1.95. The summed E-state index contributed by atoms with van der Waals surface area (Å²) in [6.07, 6.45) is 1.77. The minimum Gasteiger partial charge on any atom is -0.497 e. The predicted octanol–water partition coefficient (Wildman–Crippen LogP) is 4.83. The van der Waals surface area contributed by atoms with Gasteiger partial charge in [0.25, 0.3) is 5.91 Å². The van der Waals surface area contributed by atoms with Crippen molar-refractivity contribution in [1.29, 1.82) is 0 Å². The smallest absolute Gasteiger partial charge is 0.253 e. The molecule has 2 aromatic carbocycles. The van der Waals surface area contributed by atoms with Crippen LogP contribution in [0.1, 0.15) is 28.8 Å². The molecule has 0 aromatic heterocycles. The Balaban J connectivity index is 1.62. The van der Waals surface area contributed by atoms with Gasteiger partial charge in [-0.3, -0.25) is 4.79 Å². The first-order valence-electron chi connectivity index (χ1n) is 9.08. The highest BCUT2D eigenvalue weighted by Crippen LogP contribution is 2.26. The summed E-state index contributed by atoms with van der Waals surface area (Å²) in [6, 6.07) is 10.6. The monoisotopic (exact) mass is 423 g/mol. The minimum absolute atomic E-state index is 0.0299. The summed E-state index contributed by atoms with van der Waals surface area (Å²) in [5, 5.41) is 0.816. The van der Waals surface area contributed by atoms with E-state index in [-0.39, 0.29) is 12.0 Å². The molecule has 0 bridgehead atoms. The molecule has 1 heterocycles. The van der Waals surface area contributed by atoms with Crippen molar-refractivity contribution in [3.63, 3.8) is 0 Å². The van der Waals surface area contributed by atoms with Crippen molar-refractivity contribution >= 4 is 29.1 Å². The fourth-order valence-electron chi connectivity index (χ4n) is 3.23. The third-order valence-electron chi connectivity index (χ3n) is 4.73. The molecule has 150 valence electrons. The van der Waals surface area contributed by atoms with Gasteiger partial charge in [-0.25, -0.2) is 0 Å². The van der Waals surface area contributed by atoms with Crippen LogP contribution in [0.5, 0.6) is 11.5 Å². The van der Waals surface area contributed by atoms with Crippen LogP contribution in [0.2, 0.25) is 10.0 Å². The Morgan fingerprint density at radius 2 is 1.79 bits per heavy atom. The van der Waals surface area contributed by atoms with E-state index in [9.17, 15) is 4.79 Å². The topological polar surface area (TPSA) is 48.0 Å². The second-order valence-electron chi connectivity index (χ2n) is 6.68. The number of ether oxygens (including phenoxy) is 3. The third kappa shape index (κ3) is 5.10. The normalized spacial score (nSPS) is 16.7. The summed E-state index contributed by atoms with van der Waals surface area (Å²) in [4.78, 5) is 14.6. The van der Waals surface area contributed by atoms with E-state index in [0.29, 0.717) is 35.3 Å². The Kier molecular flexibility index (Phi) is 7.05. The zero-order chi connectivity index (χ0) is 20.1. The average molecular weight is 424 g/mol. The molecule has 1 atom stereocenters. The maximum Gasteiger partial charge on any atom is 0.253 e. The Bertz CT molecular complexity index is 821. The van der Waals surface area contributed by atoms with Crippen molar-refractivity contribution < 1.29 is 19.0 Å². The SMILES string of the molecule is COc1cc(COC2CCCN(C(=O)c3ccc(Cl)c(Cl)c3)C2)cc(OC)c1. The zero-order valence-electron chi connectivity index (χ0n) is 15.9. The van der Waals surface area contributed by atoms with Crippen molar-refractivity contribution in [2.24, 2.45) is 0 Å². The molecular weight excluding hydrogens is 401 g/mol. The summed E-state index contributed by atoms with van der Waals surface area (Å²) in [7, 11) is 3.24. The third-order valence-corrected chi connectivity index (χ3v) is 5.47. The predicted molar refractivity (Wildman–Crippen MR) is 110 cm³/mol. The summed E-state index contributed by atoms with van der Waals surface area (Å²) >= 11 is 12.0. The number of amides is 1. The number of methoxy groups -OCH3 is 2. The maximum absolute atomic E-state index is 12.8. The number of piperidine rings is 1. The van der Waals surface area contributed by atoms with Gasteiger partial charge in [-0.1, -0.05) is 23.2 Å². The van der Waals surface area contributed by atoms with Crippen molar-refractivity contribution in [3.8, 4) is 11.5 Å². The first kappa shape index (κ1) is 20.8. The van der Waals surface area contributed by atoms with Crippen LogP contribution >= 0.6 is 23.2 Å². The van der Waals surface area contributed by atoms with Crippen LogP contribution in [0.15, 0.2) is 36.4 Å². The van der Waals surface area contributed by atoms with Gasteiger partial charge in [0.15, 0.2) is 0 Å². The molecule has 3 rings (SSSR count). The van der Waals surface area contributed by atoms with E-state index in [2.05, 4.69) is 0 Å². The molecular formula is C21H23Cl2NO4. The molecule has 0 spiro atoms. The molecule has 28 heavy (non-hydrogen) atoms. The Morgan fingerprint density at radius 3 is 2.43 bits per heavy atom. The lowest BCUT2D eigenvalue weighted by Crippen LogP contribution is -2.43.